The van der Waals surface area contributed by atoms with Crippen molar-refractivity contribution in [3.63, 3.8) is 0 Å². The number of rotatable bonds is 3. The first-order chi connectivity index (χ1) is 7.26. The quantitative estimate of drug-likeness (QED) is 0.705. The summed E-state index contributed by atoms with van der Waals surface area (Å²) in [5.41, 5.74) is 1.32. The Morgan fingerprint density at radius 2 is 1.88 bits per heavy atom. The molecule has 0 bridgehead atoms. The van der Waals surface area contributed by atoms with E-state index in [0.29, 0.717) is 6.54 Å². The SMILES string of the molecule is CNCC(C)C(=O)ONC(=O)OC(C)(C)C. The summed E-state index contributed by atoms with van der Waals surface area (Å²) in [7, 11) is 1.73. The van der Waals surface area contributed by atoms with Crippen LogP contribution in [0.1, 0.15) is 27.7 Å². The standard InChI is InChI=1S/C10H20N2O4/c1-7(6-11-5)8(13)16-12-9(14)15-10(2,3)4/h7,11H,6H2,1-5H3,(H,12,14). The van der Waals surface area contributed by atoms with Crippen LogP contribution in [0.4, 0.5) is 4.79 Å². The molecule has 2 N–H and O–H groups in total. The van der Waals surface area contributed by atoms with Crippen molar-refractivity contribution in [3.8, 4) is 0 Å². The normalized spacial score (nSPS) is 12.8. The lowest BCUT2D eigenvalue weighted by atomic mass is 10.2. The minimum Gasteiger partial charge on any atom is -0.442 e. The zero-order valence-electron chi connectivity index (χ0n) is 10.4. The summed E-state index contributed by atoms with van der Waals surface area (Å²) in [4.78, 5) is 26.9. The molecule has 1 unspecified atom stereocenters. The lowest BCUT2D eigenvalue weighted by Gasteiger charge is -2.19. The molecule has 0 aliphatic rings. The van der Waals surface area contributed by atoms with Crippen molar-refractivity contribution >= 4 is 12.1 Å². The lowest BCUT2D eigenvalue weighted by Crippen LogP contribution is -2.36. The molecule has 0 fully saturated rings. The maximum absolute atomic E-state index is 11.3. The minimum atomic E-state index is -0.780. The van der Waals surface area contributed by atoms with E-state index in [-0.39, 0.29) is 5.92 Å². The second kappa shape index (κ2) is 6.32. The van der Waals surface area contributed by atoms with Crippen molar-refractivity contribution in [1.82, 2.24) is 10.8 Å². The van der Waals surface area contributed by atoms with E-state index in [1.165, 1.54) is 0 Å². The molecule has 1 amide bonds. The second-order valence-corrected chi connectivity index (χ2v) is 4.48. The van der Waals surface area contributed by atoms with Gasteiger partial charge in [-0.15, -0.1) is 5.48 Å². The third-order valence-corrected chi connectivity index (χ3v) is 1.55. The Morgan fingerprint density at radius 1 is 1.31 bits per heavy atom. The Bertz CT molecular complexity index is 248. The average molecular weight is 232 g/mol. The lowest BCUT2D eigenvalue weighted by molar-refractivity contribution is -0.154. The van der Waals surface area contributed by atoms with Gasteiger partial charge in [-0.2, -0.15) is 0 Å². The zero-order valence-corrected chi connectivity index (χ0v) is 10.4. The molecule has 0 heterocycles. The van der Waals surface area contributed by atoms with Crippen molar-refractivity contribution in [3.05, 3.63) is 0 Å². The van der Waals surface area contributed by atoms with Gasteiger partial charge in [0.05, 0.1) is 5.92 Å². The molecular formula is C10H20N2O4. The third-order valence-electron chi connectivity index (χ3n) is 1.55. The highest BCUT2D eigenvalue weighted by Gasteiger charge is 2.19. The van der Waals surface area contributed by atoms with Gasteiger partial charge in [0.15, 0.2) is 0 Å². The summed E-state index contributed by atoms with van der Waals surface area (Å²) in [5, 5.41) is 2.83. The first kappa shape index (κ1) is 14.7. The molecule has 0 aromatic rings. The van der Waals surface area contributed by atoms with Gasteiger partial charge < -0.3 is 14.9 Å². The first-order valence-corrected chi connectivity index (χ1v) is 5.10. The van der Waals surface area contributed by atoms with Crippen LogP contribution in [0.5, 0.6) is 0 Å². The van der Waals surface area contributed by atoms with Gasteiger partial charge in [-0.1, -0.05) is 6.92 Å². The minimum absolute atomic E-state index is 0.333. The van der Waals surface area contributed by atoms with E-state index in [0.717, 1.165) is 0 Å². The second-order valence-electron chi connectivity index (χ2n) is 4.48. The smallest absolute Gasteiger partial charge is 0.441 e. The molecular weight excluding hydrogens is 212 g/mol. The number of nitrogens with one attached hydrogen (secondary N) is 2. The molecule has 0 rings (SSSR count). The topological polar surface area (TPSA) is 76.7 Å². The zero-order chi connectivity index (χ0) is 12.8. The van der Waals surface area contributed by atoms with E-state index in [9.17, 15) is 9.59 Å². The van der Waals surface area contributed by atoms with Crippen LogP contribution < -0.4 is 10.8 Å². The van der Waals surface area contributed by atoms with Gasteiger partial charge in [-0.05, 0) is 27.8 Å². The van der Waals surface area contributed by atoms with E-state index in [1.54, 1.807) is 34.7 Å². The van der Waals surface area contributed by atoms with Gasteiger partial charge >= 0.3 is 12.1 Å². The van der Waals surface area contributed by atoms with E-state index in [2.05, 4.69) is 10.2 Å². The molecule has 94 valence electrons. The highest BCUT2D eigenvalue weighted by molar-refractivity contribution is 5.75. The van der Waals surface area contributed by atoms with Crippen LogP contribution in [0.25, 0.3) is 0 Å². The van der Waals surface area contributed by atoms with Crippen molar-refractivity contribution < 1.29 is 19.2 Å². The van der Waals surface area contributed by atoms with Gasteiger partial charge in [0.1, 0.15) is 5.60 Å². The van der Waals surface area contributed by atoms with Crippen molar-refractivity contribution in [2.24, 2.45) is 5.92 Å². The van der Waals surface area contributed by atoms with Gasteiger partial charge in [0.2, 0.25) is 0 Å². The predicted octanol–water partition coefficient (Wildman–Crippen LogP) is 0.825. The summed E-state index contributed by atoms with van der Waals surface area (Å²) in [6, 6.07) is 0. The number of hydroxylamine groups is 1. The van der Waals surface area contributed by atoms with Crippen molar-refractivity contribution in [2.45, 2.75) is 33.3 Å². The van der Waals surface area contributed by atoms with E-state index in [1.807, 2.05) is 5.48 Å². The fraction of sp³-hybridized carbons (Fsp3) is 0.800. The number of hydrogen-bond donors (Lipinski definition) is 2. The summed E-state index contributed by atoms with van der Waals surface area (Å²) in [6.07, 6.45) is -0.780. The van der Waals surface area contributed by atoms with Crippen molar-refractivity contribution in [2.75, 3.05) is 13.6 Å². The highest BCUT2D eigenvalue weighted by Crippen LogP contribution is 2.06. The molecule has 0 aliphatic carbocycles. The Labute approximate surface area is 95.6 Å². The first-order valence-electron chi connectivity index (χ1n) is 5.10. The maximum atomic E-state index is 11.3. The van der Waals surface area contributed by atoms with Crippen LogP contribution in [-0.2, 0) is 14.4 Å². The number of amides is 1. The van der Waals surface area contributed by atoms with Crippen LogP contribution >= 0.6 is 0 Å². The van der Waals surface area contributed by atoms with Gasteiger partial charge in [-0.25, -0.2) is 9.59 Å². The summed E-state index contributed by atoms with van der Waals surface area (Å²) < 4.78 is 4.88. The van der Waals surface area contributed by atoms with Gasteiger partial charge in [-0.3, -0.25) is 0 Å². The summed E-state index contributed by atoms with van der Waals surface area (Å²) in [5.74, 6) is -0.847. The number of carbonyl (C=O) groups excluding carboxylic acids is 2. The average Bonchev–Trinajstić information content (AvgIpc) is 2.11. The number of carbonyl (C=O) groups is 2. The number of hydrogen-bond acceptors (Lipinski definition) is 5. The predicted molar refractivity (Wildman–Crippen MR) is 58.6 cm³/mol. The molecule has 16 heavy (non-hydrogen) atoms. The summed E-state index contributed by atoms with van der Waals surface area (Å²) >= 11 is 0. The van der Waals surface area contributed by atoms with Crippen LogP contribution in [0.2, 0.25) is 0 Å². The van der Waals surface area contributed by atoms with Crippen molar-refractivity contribution in [1.29, 1.82) is 0 Å². The summed E-state index contributed by atoms with van der Waals surface area (Å²) in [6.45, 7) is 7.33. The third kappa shape index (κ3) is 7.05. The molecule has 0 radical (unpaired) electrons. The van der Waals surface area contributed by atoms with Crippen LogP contribution in [0.3, 0.4) is 0 Å². The molecule has 6 heteroatoms. The Hall–Kier alpha value is -1.30. The molecule has 0 saturated heterocycles. The van der Waals surface area contributed by atoms with Crippen LogP contribution in [0.15, 0.2) is 0 Å². The molecule has 0 aliphatic heterocycles. The van der Waals surface area contributed by atoms with E-state index in [4.69, 9.17) is 4.74 Å². The molecule has 0 saturated carbocycles. The van der Waals surface area contributed by atoms with Crippen LogP contribution in [0, 0.1) is 5.92 Å². The molecule has 0 aromatic heterocycles. The maximum Gasteiger partial charge on any atom is 0.441 e. The van der Waals surface area contributed by atoms with E-state index < -0.39 is 17.7 Å². The largest absolute Gasteiger partial charge is 0.442 e. The molecule has 0 aromatic carbocycles. The van der Waals surface area contributed by atoms with Gasteiger partial charge in [0, 0.05) is 6.54 Å². The molecule has 6 nitrogen and oxygen atoms in total. The molecule has 1 atom stereocenters. The van der Waals surface area contributed by atoms with Gasteiger partial charge in [0.25, 0.3) is 0 Å². The monoisotopic (exact) mass is 232 g/mol. The number of ether oxygens (including phenoxy) is 1. The Morgan fingerprint density at radius 3 is 2.31 bits per heavy atom. The fourth-order valence-corrected chi connectivity index (χ4v) is 0.881. The Kier molecular flexibility index (Phi) is 5.81. The highest BCUT2D eigenvalue weighted by atomic mass is 16.7. The molecule has 0 spiro atoms. The van der Waals surface area contributed by atoms with E-state index >= 15 is 0 Å². The Balaban J connectivity index is 3.88. The fourth-order valence-electron chi connectivity index (χ4n) is 0.881. The van der Waals surface area contributed by atoms with Crippen LogP contribution in [-0.4, -0.2) is 31.3 Å².